The Balaban J connectivity index is 2.10. The van der Waals surface area contributed by atoms with Crippen LogP contribution < -0.4 is 5.32 Å². The van der Waals surface area contributed by atoms with Crippen LogP contribution in [0.3, 0.4) is 0 Å². The minimum Gasteiger partial charge on any atom is -0.459 e. The van der Waals surface area contributed by atoms with Gasteiger partial charge in [0.25, 0.3) is 0 Å². The van der Waals surface area contributed by atoms with Gasteiger partial charge in [-0.05, 0) is 23.8 Å². The summed E-state index contributed by atoms with van der Waals surface area (Å²) in [7, 11) is 0. The smallest absolute Gasteiger partial charge is 0.225 e. The predicted molar refractivity (Wildman–Crippen MR) is 57.7 cm³/mol. The van der Waals surface area contributed by atoms with E-state index in [1.807, 2.05) is 18.2 Å². The Labute approximate surface area is 90.3 Å². The molecular formula is C10H6ClN3O. The van der Waals surface area contributed by atoms with Crippen LogP contribution >= 0.6 is 11.6 Å². The molecule has 3 rings (SSSR count). The molecule has 0 spiro atoms. The van der Waals surface area contributed by atoms with E-state index >= 15 is 0 Å². The quantitative estimate of drug-likeness (QED) is 0.789. The SMILES string of the molecule is Clc1nc(NC2=CC=C2)c2occc2n1. The average Bonchev–Trinajstić information content (AvgIpc) is 2.58. The van der Waals surface area contributed by atoms with Gasteiger partial charge in [-0.2, -0.15) is 4.98 Å². The lowest BCUT2D eigenvalue weighted by atomic mass is 10.2. The number of nitrogens with zero attached hydrogens (tertiary/aromatic N) is 2. The van der Waals surface area contributed by atoms with Gasteiger partial charge in [0.05, 0.1) is 6.26 Å². The second-order valence-electron chi connectivity index (χ2n) is 3.08. The van der Waals surface area contributed by atoms with Gasteiger partial charge >= 0.3 is 0 Å². The average molecular weight is 220 g/mol. The number of allylic oxidation sites excluding steroid dienone is 3. The highest BCUT2D eigenvalue weighted by molar-refractivity contribution is 6.28. The van der Waals surface area contributed by atoms with Crippen LogP contribution in [0.25, 0.3) is 11.1 Å². The van der Waals surface area contributed by atoms with Gasteiger partial charge in [0.2, 0.25) is 5.28 Å². The van der Waals surface area contributed by atoms with Crippen LogP contribution in [0, 0.1) is 0 Å². The molecule has 1 N–H and O–H groups in total. The highest BCUT2D eigenvalue weighted by Crippen LogP contribution is 2.25. The van der Waals surface area contributed by atoms with E-state index in [2.05, 4.69) is 15.3 Å². The lowest BCUT2D eigenvalue weighted by molar-refractivity contribution is 0.615. The summed E-state index contributed by atoms with van der Waals surface area (Å²) < 4.78 is 5.28. The standard InChI is InChI=1S/C10H6ClN3O/c11-10-13-7-4-5-15-8(7)9(14-10)12-6-2-1-3-6/h1-5H,(H,12,13,14). The first kappa shape index (κ1) is 8.49. The predicted octanol–water partition coefficient (Wildman–Crippen LogP) is 2.74. The molecule has 4 nitrogen and oxygen atoms in total. The molecule has 0 fully saturated rings. The number of hydrogen-bond acceptors (Lipinski definition) is 4. The minimum atomic E-state index is 0.204. The first-order valence-corrected chi connectivity index (χ1v) is 4.77. The topological polar surface area (TPSA) is 51.0 Å². The van der Waals surface area contributed by atoms with Crippen molar-refractivity contribution in [3.63, 3.8) is 0 Å². The fraction of sp³-hybridized carbons (Fsp3) is 0. The number of furan rings is 1. The van der Waals surface area contributed by atoms with Crippen LogP contribution in [0.1, 0.15) is 0 Å². The first-order chi connectivity index (χ1) is 7.33. The number of halogens is 1. The maximum atomic E-state index is 5.78. The Morgan fingerprint density at radius 2 is 2.20 bits per heavy atom. The lowest BCUT2D eigenvalue weighted by Crippen LogP contribution is -2.03. The molecule has 0 radical (unpaired) electrons. The molecule has 0 unspecified atom stereocenters. The molecule has 0 atom stereocenters. The molecule has 2 aromatic heterocycles. The van der Waals surface area contributed by atoms with Crippen LogP contribution in [0.15, 0.2) is 40.7 Å². The van der Waals surface area contributed by atoms with Crippen molar-refractivity contribution in [2.45, 2.75) is 0 Å². The zero-order valence-electron chi connectivity index (χ0n) is 7.57. The number of hydrogen-bond donors (Lipinski definition) is 1. The van der Waals surface area contributed by atoms with Crippen molar-refractivity contribution in [2.75, 3.05) is 5.32 Å². The molecule has 5 heteroatoms. The number of anilines is 1. The summed E-state index contributed by atoms with van der Waals surface area (Å²) in [6.07, 6.45) is 7.37. The molecule has 0 amide bonds. The highest BCUT2D eigenvalue weighted by atomic mass is 35.5. The number of fused-ring (bicyclic) bond motifs is 1. The molecule has 1 aliphatic carbocycles. The van der Waals surface area contributed by atoms with Gasteiger partial charge < -0.3 is 9.73 Å². The van der Waals surface area contributed by atoms with Gasteiger partial charge in [-0.25, -0.2) is 4.98 Å². The molecular weight excluding hydrogens is 214 g/mol. The summed E-state index contributed by atoms with van der Waals surface area (Å²) in [5.41, 5.74) is 2.28. The van der Waals surface area contributed by atoms with Crippen molar-refractivity contribution in [3.05, 3.63) is 41.5 Å². The normalized spacial score (nSPS) is 13.8. The van der Waals surface area contributed by atoms with Gasteiger partial charge in [0.15, 0.2) is 11.4 Å². The summed E-state index contributed by atoms with van der Waals surface area (Å²) >= 11 is 5.78. The molecule has 2 aromatic rings. The molecule has 15 heavy (non-hydrogen) atoms. The van der Waals surface area contributed by atoms with Crippen LogP contribution in [0.2, 0.25) is 5.28 Å². The number of aromatic nitrogens is 2. The molecule has 74 valence electrons. The van der Waals surface area contributed by atoms with E-state index < -0.39 is 0 Å². The third-order valence-electron chi connectivity index (χ3n) is 2.09. The summed E-state index contributed by atoms with van der Waals surface area (Å²) in [5.74, 6) is 0.589. The molecule has 0 saturated heterocycles. The minimum absolute atomic E-state index is 0.204. The van der Waals surface area contributed by atoms with Crippen molar-refractivity contribution >= 4 is 28.5 Å². The maximum Gasteiger partial charge on any atom is 0.225 e. The molecule has 0 aliphatic heterocycles. The fourth-order valence-electron chi connectivity index (χ4n) is 1.33. The van der Waals surface area contributed by atoms with E-state index in [0.717, 1.165) is 5.70 Å². The van der Waals surface area contributed by atoms with Crippen molar-refractivity contribution < 1.29 is 4.42 Å². The zero-order chi connectivity index (χ0) is 10.3. The van der Waals surface area contributed by atoms with E-state index in [1.165, 1.54) is 0 Å². The third kappa shape index (κ3) is 1.39. The highest BCUT2D eigenvalue weighted by Gasteiger charge is 2.10. The van der Waals surface area contributed by atoms with Crippen molar-refractivity contribution in [1.82, 2.24) is 9.97 Å². The molecule has 2 heterocycles. The van der Waals surface area contributed by atoms with E-state index in [9.17, 15) is 0 Å². The fourth-order valence-corrected chi connectivity index (χ4v) is 1.51. The molecule has 0 aromatic carbocycles. The number of rotatable bonds is 2. The van der Waals surface area contributed by atoms with Crippen molar-refractivity contribution in [1.29, 1.82) is 0 Å². The summed E-state index contributed by atoms with van der Waals surface area (Å²) in [6, 6.07) is 1.75. The van der Waals surface area contributed by atoms with Gasteiger partial charge in [-0.15, -0.1) is 0 Å². The Bertz CT molecular complexity index is 585. The largest absolute Gasteiger partial charge is 0.459 e. The van der Waals surface area contributed by atoms with Crippen molar-refractivity contribution in [3.8, 4) is 0 Å². The Morgan fingerprint density at radius 1 is 1.33 bits per heavy atom. The van der Waals surface area contributed by atoms with E-state index in [-0.39, 0.29) is 5.28 Å². The molecule has 0 saturated carbocycles. The second-order valence-corrected chi connectivity index (χ2v) is 3.42. The lowest BCUT2D eigenvalue weighted by Gasteiger charge is -2.09. The Kier molecular flexibility index (Phi) is 1.76. The number of nitrogens with one attached hydrogen (secondary N) is 1. The summed E-state index contributed by atoms with van der Waals surface area (Å²) in [4.78, 5) is 8.10. The Hall–Kier alpha value is -1.81. The van der Waals surface area contributed by atoms with E-state index in [0.29, 0.717) is 16.9 Å². The summed E-state index contributed by atoms with van der Waals surface area (Å²) in [5, 5.41) is 3.30. The molecule has 1 aliphatic rings. The van der Waals surface area contributed by atoms with Gasteiger partial charge in [0, 0.05) is 11.8 Å². The van der Waals surface area contributed by atoms with Crippen LogP contribution in [0.4, 0.5) is 5.82 Å². The van der Waals surface area contributed by atoms with Crippen LogP contribution in [-0.4, -0.2) is 9.97 Å². The van der Waals surface area contributed by atoms with Gasteiger partial charge in [0.1, 0.15) is 5.52 Å². The summed E-state index contributed by atoms with van der Waals surface area (Å²) in [6.45, 7) is 0. The second kappa shape index (κ2) is 3.10. The maximum absolute atomic E-state index is 5.78. The van der Waals surface area contributed by atoms with Gasteiger partial charge in [-0.3, -0.25) is 0 Å². The van der Waals surface area contributed by atoms with E-state index in [1.54, 1.807) is 12.3 Å². The monoisotopic (exact) mass is 219 g/mol. The third-order valence-corrected chi connectivity index (χ3v) is 2.26. The molecule has 0 bridgehead atoms. The van der Waals surface area contributed by atoms with Gasteiger partial charge in [-0.1, -0.05) is 6.08 Å². The Morgan fingerprint density at radius 3 is 2.93 bits per heavy atom. The van der Waals surface area contributed by atoms with E-state index in [4.69, 9.17) is 16.0 Å². The first-order valence-electron chi connectivity index (χ1n) is 4.39. The zero-order valence-corrected chi connectivity index (χ0v) is 8.32. The van der Waals surface area contributed by atoms with Crippen LogP contribution in [-0.2, 0) is 0 Å². The van der Waals surface area contributed by atoms with Crippen molar-refractivity contribution in [2.24, 2.45) is 0 Å². The van der Waals surface area contributed by atoms with Crippen LogP contribution in [0.5, 0.6) is 0 Å².